The molecule has 190 valence electrons. The first-order valence-electron chi connectivity index (χ1n) is 13.3. The van der Waals surface area contributed by atoms with E-state index in [1.165, 1.54) is 30.4 Å². The number of hydrogen-bond donors (Lipinski definition) is 1. The number of ether oxygens (including phenoxy) is 2. The SMILES string of the molecule is O=c1[nH]c2cc3c(cc2cc1[C@H](c1nnnn1C1CCCCC1)N1CCc2ccccc2C1)OCCO3. The monoisotopic (exact) mass is 498 g/mol. The molecule has 37 heavy (non-hydrogen) atoms. The summed E-state index contributed by atoms with van der Waals surface area (Å²) >= 11 is 0. The number of rotatable bonds is 4. The Hall–Kier alpha value is -3.72. The number of hydrogen-bond acceptors (Lipinski definition) is 7. The fourth-order valence-corrected chi connectivity index (χ4v) is 6.17. The van der Waals surface area contributed by atoms with Gasteiger partial charge in [-0.15, -0.1) is 5.10 Å². The number of fused-ring (bicyclic) bond motifs is 3. The number of pyridine rings is 1. The molecule has 1 fully saturated rings. The van der Waals surface area contributed by atoms with Gasteiger partial charge in [-0.05, 0) is 52.9 Å². The quantitative estimate of drug-likeness (QED) is 0.455. The van der Waals surface area contributed by atoms with Gasteiger partial charge in [-0.25, -0.2) is 4.68 Å². The molecule has 7 rings (SSSR count). The number of H-pyrrole nitrogens is 1. The molecule has 0 amide bonds. The molecule has 1 N–H and O–H groups in total. The minimum Gasteiger partial charge on any atom is -0.486 e. The van der Waals surface area contributed by atoms with Gasteiger partial charge in [-0.2, -0.15) is 0 Å². The van der Waals surface area contributed by atoms with Crippen molar-refractivity contribution in [1.82, 2.24) is 30.1 Å². The van der Waals surface area contributed by atoms with E-state index in [-0.39, 0.29) is 17.6 Å². The van der Waals surface area contributed by atoms with Gasteiger partial charge in [-0.3, -0.25) is 9.69 Å². The van der Waals surface area contributed by atoms with E-state index in [1.807, 2.05) is 22.9 Å². The second-order valence-electron chi connectivity index (χ2n) is 10.3. The maximum absolute atomic E-state index is 13.7. The smallest absolute Gasteiger partial charge is 0.253 e. The summed E-state index contributed by atoms with van der Waals surface area (Å²) in [6.45, 7) is 2.57. The van der Waals surface area contributed by atoms with Crippen LogP contribution in [0.1, 0.15) is 66.7 Å². The maximum atomic E-state index is 13.7. The molecule has 1 aliphatic carbocycles. The molecule has 0 radical (unpaired) electrons. The van der Waals surface area contributed by atoms with Crippen LogP contribution >= 0.6 is 0 Å². The highest BCUT2D eigenvalue weighted by atomic mass is 16.6. The normalized spacial score (nSPS) is 19.0. The van der Waals surface area contributed by atoms with Crippen LogP contribution in [0.5, 0.6) is 11.5 Å². The van der Waals surface area contributed by atoms with Gasteiger partial charge in [-0.1, -0.05) is 43.5 Å². The van der Waals surface area contributed by atoms with Crippen LogP contribution in [0.25, 0.3) is 10.9 Å². The van der Waals surface area contributed by atoms with Crippen molar-refractivity contribution >= 4 is 10.9 Å². The molecule has 9 heteroatoms. The van der Waals surface area contributed by atoms with Crippen molar-refractivity contribution in [2.24, 2.45) is 0 Å². The molecule has 4 aromatic rings. The van der Waals surface area contributed by atoms with Crippen LogP contribution in [0, 0.1) is 0 Å². The summed E-state index contributed by atoms with van der Waals surface area (Å²) in [5.41, 5.74) is 3.89. The molecule has 2 aromatic carbocycles. The highest BCUT2D eigenvalue weighted by molar-refractivity contribution is 5.83. The molecule has 1 saturated carbocycles. The highest BCUT2D eigenvalue weighted by Crippen LogP contribution is 2.37. The Balaban J connectivity index is 1.36. The highest BCUT2D eigenvalue weighted by Gasteiger charge is 2.34. The van der Waals surface area contributed by atoms with E-state index >= 15 is 0 Å². The number of tetrazole rings is 1. The van der Waals surface area contributed by atoms with E-state index in [9.17, 15) is 4.79 Å². The van der Waals surface area contributed by atoms with Crippen LogP contribution in [0.4, 0.5) is 0 Å². The van der Waals surface area contributed by atoms with Gasteiger partial charge in [0.2, 0.25) is 0 Å². The molecular weight excluding hydrogens is 468 g/mol. The summed E-state index contributed by atoms with van der Waals surface area (Å²) in [6, 6.07) is 14.2. The first-order chi connectivity index (χ1) is 18.2. The van der Waals surface area contributed by atoms with Crippen molar-refractivity contribution in [2.45, 2.75) is 57.2 Å². The third-order valence-corrected chi connectivity index (χ3v) is 8.04. The topological polar surface area (TPSA) is 98.2 Å². The molecule has 0 saturated heterocycles. The lowest BCUT2D eigenvalue weighted by Crippen LogP contribution is -2.39. The molecule has 4 heterocycles. The Bertz CT molecular complexity index is 1510. The van der Waals surface area contributed by atoms with Gasteiger partial charge in [0.25, 0.3) is 5.56 Å². The summed E-state index contributed by atoms with van der Waals surface area (Å²) in [4.78, 5) is 19.1. The Morgan fingerprint density at radius 2 is 1.76 bits per heavy atom. The van der Waals surface area contributed by atoms with Crippen molar-refractivity contribution in [3.05, 3.63) is 75.3 Å². The van der Waals surface area contributed by atoms with Crippen molar-refractivity contribution in [3.8, 4) is 11.5 Å². The van der Waals surface area contributed by atoms with Crippen molar-refractivity contribution < 1.29 is 9.47 Å². The van der Waals surface area contributed by atoms with Gasteiger partial charge in [0.05, 0.1) is 11.6 Å². The van der Waals surface area contributed by atoms with E-state index in [4.69, 9.17) is 9.47 Å². The fourth-order valence-electron chi connectivity index (χ4n) is 6.17. The van der Waals surface area contributed by atoms with E-state index in [2.05, 4.69) is 49.7 Å². The van der Waals surface area contributed by atoms with Crippen LogP contribution in [-0.4, -0.2) is 49.8 Å². The summed E-state index contributed by atoms with van der Waals surface area (Å²) in [6.07, 6.45) is 6.64. The Labute approximate surface area is 214 Å². The number of nitrogens with one attached hydrogen (secondary N) is 1. The molecule has 3 aliphatic rings. The summed E-state index contributed by atoms with van der Waals surface area (Å²) in [5.74, 6) is 2.11. The second-order valence-corrected chi connectivity index (χ2v) is 10.3. The average molecular weight is 499 g/mol. The Morgan fingerprint density at radius 1 is 0.973 bits per heavy atom. The molecule has 2 aromatic heterocycles. The predicted molar refractivity (Wildman–Crippen MR) is 138 cm³/mol. The van der Waals surface area contributed by atoms with Crippen molar-refractivity contribution in [1.29, 1.82) is 0 Å². The van der Waals surface area contributed by atoms with E-state index in [0.29, 0.717) is 30.3 Å². The lowest BCUT2D eigenvalue weighted by molar-refractivity contribution is 0.172. The van der Waals surface area contributed by atoms with Crippen LogP contribution < -0.4 is 15.0 Å². The zero-order valence-corrected chi connectivity index (χ0v) is 20.7. The molecule has 2 aliphatic heterocycles. The molecule has 1 atom stereocenters. The first-order valence-corrected chi connectivity index (χ1v) is 13.3. The Morgan fingerprint density at radius 3 is 2.59 bits per heavy atom. The lowest BCUT2D eigenvalue weighted by atomic mass is 9.94. The van der Waals surface area contributed by atoms with Gasteiger partial charge < -0.3 is 14.5 Å². The number of benzene rings is 2. The predicted octanol–water partition coefficient (Wildman–Crippen LogP) is 3.94. The van der Waals surface area contributed by atoms with Crippen molar-refractivity contribution in [3.63, 3.8) is 0 Å². The minimum atomic E-state index is -0.369. The summed E-state index contributed by atoms with van der Waals surface area (Å²) in [5, 5.41) is 14.0. The standard InChI is InChI=1S/C28H30N6O3/c35-28-22(14-20-15-24-25(16-23(20)29-28)37-13-12-36-24)26(33-11-10-18-6-4-5-7-19(18)17-33)27-30-31-32-34(27)21-8-2-1-3-9-21/h4-7,14-16,21,26H,1-3,8-13,17H2,(H,29,35)/t26-/m1/s1. The molecule has 9 nitrogen and oxygen atoms in total. The van der Waals surface area contributed by atoms with Crippen molar-refractivity contribution in [2.75, 3.05) is 19.8 Å². The first kappa shape index (κ1) is 22.5. The third-order valence-electron chi connectivity index (χ3n) is 8.04. The van der Waals surface area contributed by atoms with Gasteiger partial charge in [0.1, 0.15) is 19.3 Å². The van der Waals surface area contributed by atoms with E-state index in [1.54, 1.807) is 0 Å². The van der Waals surface area contributed by atoms with Crippen LogP contribution in [0.15, 0.2) is 47.3 Å². The van der Waals surface area contributed by atoms with Crippen LogP contribution in [-0.2, 0) is 13.0 Å². The molecule has 0 spiro atoms. The fraction of sp³-hybridized carbons (Fsp3) is 0.429. The number of aromatic nitrogens is 5. The molecule has 0 unspecified atom stereocenters. The van der Waals surface area contributed by atoms with Gasteiger partial charge in [0.15, 0.2) is 17.3 Å². The number of nitrogens with zero attached hydrogens (tertiary/aromatic N) is 5. The lowest BCUT2D eigenvalue weighted by Gasteiger charge is -2.35. The maximum Gasteiger partial charge on any atom is 0.253 e. The van der Waals surface area contributed by atoms with E-state index in [0.717, 1.165) is 49.1 Å². The average Bonchev–Trinajstić information content (AvgIpc) is 3.42. The molecular formula is C28H30N6O3. The summed E-state index contributed by atoms with van der Waals surface area (Å²) < 4.78 is 13.6. The zero-order chi connectivity index (χ0) is 24.8. The Kier molecular flexibility index (Phi) is 5.65. The largest absolute Gasteiger partial charge is 0.486 e. The van der Waals surface area contributed by atoms with E-state index < -0.39 is 0 Å². The van der Waals surface area contributed by atoms with Crippen LogP contribution in [0.2, 0.25) is 0 Å². The second kappa shape index (κ2) is 9.30. The van der Waals surface area contributed by atoms with Gasteiger partial charge in [0, 0.05) is 30.1 Å². The third kappa shape index (κ3) is 4.07. The van der Waals surface area contributed by atoms with Crippen LogP contribution in [0.3, 0.4) is 0 Å². The zero-order valence-electron chi connectivity index (χ0n) is 20.7. The van der Waals surface area contributed by atoms with Gasteiger partial charge >= 0.3 is 0 Å². The minimum absolute atomic E-state index is 0.133. The summed E-state index contributed by atoms with van der Waals surface area (Å²) in [7, 11) is 0. The number of aromatic amines is 1. The molecule has 0 bridgehead atoms.